The number of hydrogen-bond acceptors (Lipinski definition) is 20. The van der Waals surface area contributed by atoms with Crippen molar-refractivity contribution >= 4 is 59.7 Å². The van der Waals surface area contributed by atoms with Gasteiger partial charge in [-0.3, -0.25) is 24.0 Å². The van der Waals surface area contributed by atoms with Crippen LogP contribution >= 0.6 is 0 Å². The van der Waals surface area contributed by atoms with E-state index in [1.54, 1.807) is 0 Å². The summed E-state index contributed by atoms with van der Waals surface area (Å²) in [5.74, 6) is 9.74. The molecule has 114 heavy (non-hydrogen) atoms. The Hall–Kier alpha value is -5.30. The monoisotopic (exact) mass is 1600 g/mol. The van der Waals surface area contributed by atoms with Gasteiger partial charge >= 0.3 is 59.7 Å². The summed E-state index contributed by atoms with van der Waals surface area (Å²) in [6.45, 7) is 28.3. The van der Waals surface area contributed by atoms with Crippen LogP contribution in [0.2, 0.25) is 0 Å². The van der Waals surface area contributed by atoms with Gasteiger partial charge in [-0.1, -0.05) is 103 Å². The molecule has 0 aromatic heterocycles. The van der Waals surface area contributed by atoms with E-state index in [0.29, 0.717) is 65.1 Å². The fourth-order valence-corrected chi connectivity index (χ4v) is 26.7. The van der Waals surface area contributed by atoms with E-state index in [1.807, 2.05) is 69.2 Å². The van der Waals surface area contributed by atoms with Gasteiger partial charge < -0.3 is 47.4 Å². The minimum absolute atomic E-state index is 0.0765. The standard InChI is InChI=1S/2C20H32O4.C19H30O4.C18H28O4.C17H26O4/c1-5-13(4)19(22)23-11-18(21)24-20(12(2)3)16-7-14-6-15(9-16)10-17(20)8-14;1-4-6-20(24-18(21)12-23-19(22)13(3)5-2)16-8-14-7-15(10-16)11-17(20)9-14;1-4-12(3)18(21)22-11-17(20)23-19(5-2)15-7-13-6-14(9-15)10-16(19)8-13;1-4-11(2)17(20)21-10-16(19)22-18(3)14-6-12-5-13(8-14)9-15(18)7-12;1-3-10(2)17(19)20-9-15(18)21-16-13-5-11-4-12(7-13)8-14(16)6-11/h12-17H,5-11H2,1-4H3;13-17H,4-12H2,1-3H3;12-16H,4-11H2,1-3H3;11-15H,4-10H2,1-3H3;10-14,16H,3-9H2,1-2H3. The van der Waals surface area contributed by atoms with E-state index in [2.05, 4.69) is 34.6 Å². The van der Waals surface area contributed by atoms with Crippen LogP contribution in [0, 0.1) is 154 Å². The van der Waals surface area contributed by atoms with Crippen LogP contribution in [0.5, 0.6) is 0 Å². The molecule has 20 heteroatoms. The van der Waals surface area contributed by atoms with Crippen molar-refractivity contribution < 1.29 is 95.3 Å². The SMILES string of the molecule is CCC(C)C(=O)OCC(=O)OC1(C(C)C)C2CC3CC(C2)CC1C3.CCC(C)C(=O)OCC(=O)OC1(C)C2CC3CC(C2)CC1C3.CCC(C)C(=O)OCC(=O)OC1(CC)C2CC3CC(C2)CC1C3.CCC(C)C(=O)OCC(=O)OC1C2CC3CC(C2)CC1C3.CCCC1(OC(=O)COC(=O)C(C)CC)C2CC3CC(C2)CC1C3. The summed E-state index contributed by atoms with van der Waals surface area (Å²) in [5.41, 5.74) is -1.27. The fraction of sp³-hybridized carbons (Fsp3) is 0.894. The number of carbonyl (C=O) groups is 10. The van der Waals surface area contributed by atoms with Gasteiger partial charge in [0.25, 0.3) is 0 Å². The van der Waals surface area contributed by atoms with Gasteiger partial charge in [-0.25, -0.2) is 24.0 Å². The minimum atomic E-state index is -0.383. The maximum absolute atomic E-state index is 12.5. The summed E-state index contributed by atoms with van der Waals surface area (Å²) in [4.78, 5) is 120. The molecule has 0 radical (unpaired) electrons. The molecule has 0 aromatic rings. The Balaban J connectivity index is 0.000000141. The second kappa shape index (κ2) is 38.8. The van der Waals surface area contributed by atoms with Crippen molar-refractivity contribution in [2.45, 2.75) is 344 Å². The second-order valence-electron chi connectivity index (χ2n) is 40.3. The molecule has 5 unspecified atom stereocenters. The van der Waals surface area contributed by atoms with Crippen LogP contribution in [0.4, 0.5) is 0 Å². The van der Waals surface area contributed by atoms with E-state index >= 15 is 0 Å². The van der Waals surface area contributed by atoms with E-state index < -0.39 is 0 Å². The number of esters is 10. The lowest BCUT2D eigenvalue weighted by molar-refractivity contribution is -0.227. The zero-order chi connectivity index (χ0) is 82.3. The molecule has 0 aliphatic heterocycles. The van der Waals surface area contributed by atoms with Crippen LogP contribution in [0.3, 0.4) is 0 Å². The van der Waals surface area contributed by atoms with Gasteiger partial charge in [-0.05, 0) is 337 Å². The Morgan fingerprint density at radius 3 is 0.816 bits per heavy atom. The third-order valence-corrected chi connectivity index (χ3v) is 32.7. The molecule has 0 spiro atoms. The predicted octanol–water partition coefficient (Wildman–Crippen LogP) is 18.1. The number of rotatable bonds is 29. The highest BCUT2D eigenvalue weighted by Crippen LogP contribution is 2.65. The van der Waals surface area contributed by atoms with Gasteiger partial charge in [0.1, 0.15) is 28.5 Å². The lowest BCUT2D eigenvalue weighted by atomic mass is 9.47. The van der Waals surface area contributed by atoms with Gasteiger partial charge in [-0.15, -0.1) is 0 Å². The first kappa shape index (κ1) is 89.5. The zero-order valence-electron chi connectivity index (χ0n) is 72.6. The molecule has 20 rings (SSSR count). The highest BCUT2D eigenvalue weighted by Gasteiger charge is 2.64. The van der Waals surface area contributed by atoms with Gasteiger partial charge in [0.15, 0.2) is 33.0 Å². The molecule has 0 amide bonds. The topological polar surface area (TPSA) is 263 Å². The molecule has 20 bridgehead atoms. The van der Waals surface area contributed by atoms with Crippen LogP contribution in [-0.4, -0.2) is 121 Å². The Labute approximate surface area is 682 Å². The number of carbonyl (C=O) groups excluding carboxylic acids is 10. The molecule has 20 saturated carbocycles. The van der Waals surface area contributed by atoms with Crippen molar-refractivity contribution in [3.8, 4) is 0 Å². The molecule has 0 saturated heterocycles. The normalized spacial score (nSPS) is 38.7. The summed E-state index contributed by atoms with van der Waals surface area (Å²) in [6, 6.07) is 0. The lowest BCUT2D eigenvalue weighted by Gasteiger charge is -2.61. The Morgan fingerprint density at radius 2 is 0.535 bits per heavy atom. The predicted molar refractivity (Wildman–Crippen MR) is 428 cm³/mol. The van der Waals surface area contributed by atoms with E-state index in [4.69, 9.17) is 47.4 Å². The molecule has 20 fully saturated rings. The Bertz CT molecular complexity index is 3170. The molecule has 20 aliphatic rings. The third-order valence-electron chi connectivity index (χ3n) is 32.7. The first-order valence-electron chi connectivity index (χ1n) is 46.2. The average molecular weight is 1600 g/mol. The van der Waals surface area contributed by atoms with Crippen molar-refractivity contribution in [2.75, 3.05) is 33.0 Å². The maximum Gasteiger partial charge on any atom is 0.344 e. The second-order valence-corrected chi connectivity index (χ2v) is 40.3. The molecule has 0 N–H and O–H groups in total. The van der Waals surface area contributed by atoms with E-state index in [9.17, 15) is 47.9 Å². The zero-order valence-corrected chi connectivity index (χ0v) is 72.6. The van der Waals surface area contributed by atoms with Gasteiger partial charge in [0, 0.05) is 0 Å². The van der Waals surface area contributed by atoms with Crippen LogP contribution in [-0.2, 0) is 95.3 Å². The fourth-order valence-electron chi connectivity index (χ4n) is 26.7. The first-order valence-corrected chi connectivity index (χ1v) is 46.2. The quantitative estimate of drug-likeness (QED) is 0.0497. The molecular formula is C94H148O20. The minimum Gasteiger partial charge on any atom is -0.459 e. The first-order chi connectivity index (χ1) is 54.3. The number of ether oxygens (including phenoxy) is 10. The van der Waals surface area contributed by atoms with Crippen molar-refractivity contribution in [3.63, 3.8) is 0 Å². The maximum atomic E-state index is 12.5. The summed E-state index contributed by atoms with van der Waals surface area (Å²) >= 11 is 0. The van der Waals surface area contributed by atoms with Crippen LogP contribution in [0.25, 0.3) is 0 Å². The molecule has 20 nitrogen and oxygen atoms in total. The molecule has 0 heterocycles. The Kier molecular flexibility index (Phi) is 30.5. The largest absolute Gasteiger partial charge is 0.459 e. The van der Waals surface area contributed by atoms with Crippen molar-refractivity contribution in [1.82, 2.24) is 0 Å². The van der Waals surface area contributed by atoms with E-state index in [-0.39, 0.29) is 151 Å². The average Bonchev–Trinajstić information content (AvgIpc) is 0.728. The Morgan fingerprint density at radius 1 is 0.289 bits per heavy atom. The summed E-state index contributed by atoms with van der Waals surface area (Å²) < 4.78 is 55.3. The van der Waals surface area contributed by atoms with Crippen molar-refractivity contribution in [1.29, 1.82) is 0 Å². The van der Waals surface area contributed by atoms with Crippen molar-refractivity contribution in [2.24, 2.45) is 154 Å². The molecular weight excluding hydrogens is 1450 g/mol. The number of hydrogen-bond donors (Lipinski definition) is 0. The summed E-state index contributed by atoms with van der Waals surface area (Å²) in [7, 11) is 0. The van der Waals surface area contributed by atoms with Crippen molar-refractivity contribution in [3.05, 3.63) is 0 Å². The molecule has 20 aliphatic carbocycles. The highest BCUT2D eigenvalue weighted by molar-refractivity contribution is 5.80. The molecule has 0 aromatic carbocycles. The van der Waals surface area contributed by atoms with E-state index in [0.717, 1.165) is 111 Å². The third kappa shape index (κ3) is 20.2. The lowest BCUT2D eigenvalue weighted by Crippen LogP contribution is -2.62. The van der Waals surface area contributed by atoms with Gasteiger partial charge in [0.05, 0.1) is 29.6 Å². The molecule has 5 atom stereocenters. The van der Waals surface area contributed by atoms with Crippen LogP contribution < -0.4 is 0 Å². The van der Waals surface area contributed by atoms with Crippen LogP contribution in [0.15, 0.2) is 0 Å². The summed E-state index contributed by atoms with van der Waals surface area (Å²) in [5, 5.41) is 0. The highest BCUT2D eigenvalue weighted by atomic mass is 16.6. The molecule has 644 valence electrons. The smallest absolute Gasteiger partial charge is 0.344 e. The van der Waals surface area contributed by atoms with E-state index in [1.165, 1.54) is 161 Å². The van der Waals surface area contributed by atoms with Crippen LogP contribution in [0.1, 0.15) is 316 Å². The van der Waals surface area contributed by atoms with Gasteiger partial charge in [-0.2, -0.15) is 0 Å². The summed E-state index contributed by atoms with van der Waals surface area (Å²) in [6.07, 6.45) is 37.6. The van der Waals surface area contributed by atoms with Gasteiger partial charge in [0.2, 0.25) is 0 Å².